The van der Waals surface area contributed by atoms with Gasteiger partial charge in [0, 0.05) is 19.0 Å². The van der Waals surface area contributed by atoms with Gasteiger partial charge in [-0.15, -0.1) is 11.6 Å². The van der Waals surface area contributed by atoms with Gasteiger partial charge in [-0.05, 0) is 30.4 Å². The summed E-state index contributed by atoms with van der Waals surface area (Å²) in [4.78, 5) is 13.9. The van der Waals surface area contributed by atoms with Crippen molar-refractivity contribution in [1.29, 1.82) is 0 Å². The van der Waals surface area contributed by atoms with Gasteiger partial charge < -0.3 is 4.90 Å². The Hall–Kier alpha value is -1.09. The Bertz CT molecular complexity index is 416. The van der Waals surface area contributed by atoms with Crippen molar-refractivity contribution in [3.05, 3.63) is 35.6 Å². The van der Waals surface area contributed by atoms with Crippen LogP contribution in [-0.2, 0) is 11.2 Å². The monoisotopic (exact) mass is 269 g/mol. The minimum absolute atomic E-state index is 0.00752. The second-order valence-electron chi connectivity index (χ2n) is 4.75. The minimum Gasteiger partial charge on any atom is -0.342 e. The van der Waals surface area contributed by atoms with Crippen LogP contribution in [0.3, 0.4) is 0 Å². The minimum atomic E-state index is -0.304. The summed E-state index contributed by atoms with van der Waals surface area (Å²) >= 11 is 5.81. The first-order chi connectivity index (χ1) is 8.70. The van der Waals surface area contributed by atoms with Gasteiger partial charge in [-0.25, -0.2) is 4.39 Å². The first-order valence-electron chi connectivity index (χ1n) is 6.28. The highest BCUT2D eigenvalue weighted by atomic mass is 35.5. The number of amides is 1. The smallest absolute Gasteiger partial charge is 0.227 e. The van der Waals surface area contributed by atoms with Crippen molar-refractivity contribution >= 4 is 17.5 Å². The van der Waals surface area contributed by atoms with Crippen molar-refractivity contribution in [2.24, 2.45) is 5.92 Å². The fourth-order valence-electron chi connectivity index (χ4n) is 2.25. The van der Waals surface area contributed by atoms with Crippen LogP contribution in [0.25, 0.3) is 0 Å². The number of alkyl halides is 1. The zero-order valence-electron chi connectivity index (χ0n) is 10.2. The summed E-state index contributed by atoms with van der Waals surface area (Å²) in [6.45, 7) is 1.48. The summed E-state index contributed by atoms with van der Waals surface area (Å²) in [5, 5.41) is 0. The van der Waals surface area contributed by atoms with Gasteiger partial charge in [-0.3, -0.25) is 4.79 Å². The fourth-order valence-corrected chi connectivity index (χ4v) is 2.56. The van der Waals surface area contributed by atoms with Gasteiger partial charge in [0.2, 0.25) is 5.91 Å². The summed E-state index contributed by atoms with van der Waals surface area (Å²) in [5.41, 5.74) is 0.474. The highest BCUT2D eigenvalue weighted by molar-refractivity contribution is 6.18. The molecule has 0 atom stereocenters. The summed E-state index contributed by atoms with van der Waals surface area (Å²) in [5.74, 6) is 0.883. The van der Waals surface area contributed by atoms with Gasteiger partial charge in [-0.1, -0.05) is 18.2 Å². The lowest BCUT2D eigenvalue weighted by atomic mass is 9.98. The first-order valence-corrected chi connectivity index (χ1v) is 6.81. The third-order valence-corrected chi connectivity index (χ3v) is 3.92. The van der Waals surface area contributed by atoms with Crippen molar-refractivity contribution in [3.63, 3.8) is 0 Å². The maximum atomic E-state index is 13.4. The summed E-state index contributed by atoms with van der Waals surface area (Å²) in [6, 6.07) is 6.45. The number of carbonyl (C=O) groups excluding carboxylic acids is 1. The summed E-state index contributed by atoms with van der Waals surface area (Å²) < 4.78 is 13.4. The van der Waals surface area contributed by atoms with Crippen LogP contribution in [0.2, 0.25) is 0 Å². The molecule has 1 amide bonds. The van der Waals surface area contributed by atoms with E-state index in [-0.39, 0.29) is 18.1 Å². The molecule has 2 rings (SSSR count). The van der Waals surface area contributed by atoms with Crippen LogP contribution in [0.1, 0.15) is 18.4 Å². The molecule has 18 heavy (non-hydrogen) atoms. The van der Waals surface area contributed by atoms with Crippen LogP contribution in [-0.4, -0.2) is 29.8 Å². The van der Waals surface area contributed by atoms with Crippen molar-refractivity contribution in [1.82, 2.24) is 4.90 Å². The van der Waals surface area contributed by atoms with Gasteiger partial charge >= 0.3 is 0 Å². The average molecular weight is 270 g/mol. The Balaban J connectivity index is 1.91. The molecule has 1 saturated heterocycles. The maximum Gasteiger partial charge on any atom is 0.227 e. The maximum absolute atomic E-state index is 13.4. The summed E-state index contributed by atoms with van der Waals surface area (Å²) in [6.07, 6.45) is 2.05. The Labute approximate surface area is 112 Å². The molecule has 0 saturated carbocycles. The van der Waals surface area contributed by atoms with Gasteiger partial charge in [-0.2, -0.15) is 0 Å². The molecule has 0 aliphatic carbocycles. The highest BCUT2D eigenvalue weighted by Crippen LogP contribution is 2.19. The van der Waals surface area contributed by atoms with Crippen molar-refractivity contribution < 1.29 is 9.18 Å². The lowest BCUT2D eigenvalue weighted by Gasteiger charge is -2.31. The van der Waals surface area contributed by atoms with E-state index in [2.05, 4.69) is 0 Å². The Kier molecular flexibility index (Phi) is 4.59. The summed E-state index contributed by atoms with van der Waals surface area (Å²) in [7, 11) is 0. The van der Waals surface area contributed by atoms with Crippen molar-refractivity contribution in [2.75, 3.05) is 19.0 Å². The Morgan fingerprint density at radius 1 is 1.33 bits per heavy atom. The number of hydrogen-bond acceptors (Lipinski definition) is 1. The average Bonchev–Trinajstić information content (AvgIpc) is 2.41. The highest BCUT2D eigenvalue weighted by Gasteiger charge is 2.22. The molecule has 0 unspecified atom stereocenters. The molecule has 1 aromatic carbocycles. The number of likely N-dealkylation sites (tertiary alicyclic amines) is 1. The zero-order chi connectivity index (χ0) is 13.0. The molecule has 0 aromatic heterocycles. The largest absolute Gasteiger partial charge is 0.342 e. The number of carbonyl (C=O) groups is 1. The Morgan fingerprint density at radius 2 is 2.00 bits per heavy atom. The molecule has 0 spiro atoms. The topological polar surface area (TPSA) is 20.3 Å². The van der Waals surface area contributed by atoms with Crippen LogP contribution < -0.4 is 0 Å². The van der Waals surface area contributed by atoms with Gasteiger partial charge in [0.05, 0.1) is 6.42 Å². The second kappa shape index (κ2) is 6.19. The zero-order valence-corrected chi connectivity index (χ0v) is 11.0. The molecule has 1 aromatic rings. The van der Waals surface area contributed by atoms with E-state index in [1.807, 2.05) is 4.90 Å². The first kappa shape index (κ1) is 13.3. The fraction of sp³-hybridized carbons (Fsp3) is 0.500. The molecule has 0 bridgehead atoms. The van der Waals surface area contributed by atoms with Crippen LogP contribution in [0, 0.1) is 11.7 Å². The number of hydrogen-bond donors (Lipinski definition) is 0. The van der Waals surface area contributed by atoms with E-state index in [0.29, 0.717) is 17.4 Å². The van der Waals surface area contributed by atoms with Crippen LogP contribution in [0.4, 0.5) is 4.39 Å². The third kappa shape index (κ3) is 3.22. The molecule has 2 nitrogen and oxygen atoms in total. The van der Waals surface area contributed by atoms with Gasteiger partial charge in [0.1, 0.15) is 5.82 Å². The predicted molar refractivity (Wildman–Crippen MR) is 70.1 cm³/mol. The lowest BCUT2D eigenvalue weighted by Crippen LogP contribution is -2.39. The molecule has 0 radical (unpaired) electrons. The van der Waals surface area contributed by atoms with Gasteiger partial charge in [0.15, 0.2) is 0 Å². The lowest BCUT2D eigenvalue weighted by molar-refractivity contribution is -0.131. The molecular weight excluding hydrogens is 253 g/mol. The number of rotatable bonds is 3. The SMILES string of the molecule is O=C(Cc1ccccc1F)N1CCC(CCl)CC1. The second-order valence-corrected chi connectivity index (χ2v) is 5.06. The van der Waals surface area contributed by atoms with Crippen LogP contribution in [0.15, 0.2) is 24.3 Å². The number of benzene rings is 1. The van der Waals surface area contributed by atoms with E-state index in [0.717, 1.165) is 25.9 Å². The number of nitrogens with zero attached hydrogens (tertiary/aromatic N) is 1. The molecule has 1 fully saturated rings. The molecule has 98 valence electrons. The molecule has 1 heterocycles. The van der Waals surface area contributed by atoms with E-state index in [9.17, 15) is 9.18 Å². The van der Waals surface area contributed by atoms with E-state index in [4.69, 9.17) is 11.6 Å². The molecule has 1 aliphatic heterocycles. The molecule has 4 heteroatoms. The number of halogens is 2. The van der Waals surface area contributed by atoms with Crippen molar-refractivity contribution in [2.45, 2.75) is 19.3 Å². The standard InChI is InChI=1S/C14H17ClFNO/c15-10-11-5-7-17(8-6-11)14(18)9-12-3-1-2-4-13(12)16/h1-4,11H,5-10H2. The van der Waals surface area contributed by atoms with E-state index >= 15 is 0 Å². The van der Waals surface area contributed by atoms with Crippen LogP contribution >= 0.6 is 11.6 Å². The number of piperidine rings is 1. The normalized spacial score (nSPS) is 16.9. The predicted octanol–water partition coefficient (Wildman–Crippen LogP) is 2.85. The van der Waals surface area contributed by atoms with E-state index in [1.54, 1.807) is 18.2 Å². The quantitative estimate of drug-likeness (QED) is 0.773. The van der Waals surface area contributed by atoms with Crippen molar-refractivity contribution in [3.8, 4) is 0 Å². The van der Waals surface area contributed by atoms with Crippen LogP contribution in [0.5, 0.6) is 0 Å². The Morgan fingerprint density at radius 3 is 2.61 bits per heavy atom. The van der Waals surface area contributed by atoms with E-state index in [1.165, 1.54) is 6.07 Å². The van der Waals surface area contributed by atoms with Gasteiger partial charge in [0.25, 0.3) is 0 Å². The third-order valence-electron chi connectivity index (χ3n) is 3.48. The van der Waals surface area contributed by atoms with E-state index < -0.39 is 0 Å². The molecule has 1 aliphatic rings. The molecule has 0 N–H and O–H groups in total. The molecular formula is C14H17ClFNO.